The summed E-state index contributed by atoms with van der Waals surface area (Å²) in [6.45, 7) is 2.15. The Morgan fingerprint density at radius 1 is 1.12 bits per heavy atom. The van der Waals surface area contributed by atoms with E-state index in [0.717, 1.165) is 17.8 Å². The van der Waals surface area contributed by atoms with Gasteiger partial charge in [-0.15, -0.1) is 0 Å². The standard InChI is InChI=1S/C16H21N/c1-12(3-2-4-17)8-16-9-13-5-14(10-16)7-15(6-13)11-16/h2-3,8,13-15H,5-7,9-11H2,1H3/b3-2+,12-8+. The van der Waals surface area contributed by atoms with Crippen LogP contribution in [0.25, 0.3) is 0 Å². The third-order valence-electron chi connectivity index (χ3n) is 5.04. The first-order valence-electron chi connectivity index (χ1n) is 6.95. The van der Waals surface area contributed by atoms with Crippen molar-refractivity contribution in [1.82, 2.24) is 0 Å². The Balaban J connectivity index is 1.83. The lowest BCUT2D eigenvalue weighted by atomic mass is 9.49. The summed E-state index contributed by atoms with van der Waals surface area (Å²) < 4.78 is 0. The van der Waals surface area contributed by atoms with Crippen molar-refractivity contribution in [2.24, 2.45) is 23.2 Å². The third kappa shape index (κ3) is 2.06. The summed E-state index contributed by atoms with van der Waals surface area (Å²) in [6, 6.07) is 2.09. The topological polar surface area (TPSA) is 23.8 Å². The molecule has 0 aromatic carbocycles. The van der Waals surface area contributed by atoms with Crippen molar-refractivity contribution >= 4 is 0 Å². The molecule has 4 fully saturated rings. The zero-order valence-electron chi connectivity index (χ0n) is 10.7. The molecule has 0 aromatic rings. The molecule has 4 aliphatic carbocycles. The van der Waals surface area contributed by atoms with E-state index in [0.29, 0.717) is 5.41 Å². The van der Waals surface area contributed by atoms with Crippen LogP contribution in [-0.2, 0) is 0 Å². The van der Waals surface area contributed by atoms with Gasteiger partial charge in [0.15, 0.2) is 0 Å². The Bertz CT molecular complexity index is 372. The molecule has 1 nitrogen and oxygen atoms in total. The molecule has 4 aliphatic rings. The quantitative estimate of drug-likeness (QED) is 0.511. The molecule has 4 rings (SSSR count). The van der Waals surface area contributed by atoms with E-state index >= 15 is 0 Å². The first kappa shape index (κ1) is 11.1. The lowest BCUT2D eigenvalue weighted by Gasteiger charge is -2.56. The smallest absolute Gasteiger partial charge is 0.0912 e. The van der Waals surface area contributed by atoms with Crippen LogP contribution in [0.2, 0.25) is 0 Å². The van der Waals surface area contributed by atoms with Crippen LogP contribution in [0.15, 0.2) is 23.8 Å². The van der Waals surface area contributed by atoms with Gasteiger partial charge in [0, 0.05) is 6.08 Å². The van der Waals surface area contributed by atoms with Gasteiger partial charge in [0.25, 0.3) is 0 Å². The van der Waals surface area contributed by atoms with Gasteiger partial charge in [0.05, 0.1) is 6.07 Å². The molecule has 0 N–H and O–H groups in total. The largest absolute Gasteiger partial charge is 0.193 e. The maximum absolute atomic E-state index is 8.58. The number of rotatable bonds is 2. The fourth-order valence-electron chi connectivity index (χ4n) is 5.05. The molecule has 0 saturated heterocycles. The van der Waals surface area contributed by atoms with Crippen LogP contribution in [0.3, 0.4) is 0 Å². The summed E-state index contributed by atoms with van der Waals surface area (Å²) in [4.78, 5) is 0. The van der Waals surface area contributed by atoms with Gasteiger partial charge in [-0.3, -0.25) is 0 Å². The Morgan fingerprint density at radius 3 is 2.12 bits per heavy atom. The van der Waals surface area contributed by atoms with E-state index in [9.17, 15) is 0 Å². The number of hydrogen-bond donors (Lipinski definition) is 0. The molecule has 0 aromatic heterocycles. The second kappa shape index (κ2) is 4.02. The van der Waals surface area contributed by atoms with E-state index in [1.54, 1.807) is 6.08 Å². The van der Waals surface area contributed by atoms with E-state index in [-0.39, 0.29) is 0 Å². The minimum absolute atomic E-state index is 0.499. The van der Waals surface area contributed by atoms with E-state index in [4.69, 9.17) is 5.26 Å². The minimum Gasteiger partial charge on any atom is -0.193 e. The molecule has 0 radical (unpaired) electrons. The lowest BCUT2D eigenvalue weighted by Crippen LogP contribution is -2.45. The first-order chi connectivity index (χ1) is 8.19. The van der Waals surface area contributed by atoms with Crippen LogP contribution in [0.1, 0.15) is 45.4 Å². The second-order valence-electron chi connectivity index (χ2n) is 6.63. The first-order valence-corrected chi connectivity index (χ1v) is 6.95. The number of hydrogen-bond acceptors (Lipinski definition) is 1. The maximum atomic E-state index is 8.58. The highest BCUT2D eigenvalue weighted by Crippen LogP contribution is 2.60. The number of nitriles is 1. The van der Waals surface area contributed by atoms with Gasteiger partial charge in [-0.25, -0.2) is 0 Å². The van der Waals surface area contributed by atoms with Gasteiger partial charge in [0.2, 0.25) is 0 Å². The van der Waals surface area contributed by atoms with Gasteiger partial charge < -0.3 is 0 Å². The van der Waals surface area contributed by atoms with Gasteiger partial charge in [0.1, 0.15) is 0 Å². The molecule has 17 heavy (non-hydrogen) atoms. The average molecular weight is 227 g/mol. The Kier molecular flexibility index (Phi) is 2.62. The Hall–Kier alpha value is -1.03. The molecule has 4 bridgehead atoms. The molecule has 0 aliphatic heterocycles. The van der Waals surface area contributed by atoms with Crippen molar-refractivity contribution in [2.45, 2.75) is 45.4 Å². The van der Waals surface area contributed by atoms with Crippen LogP contribution in [0, 0.1) is 34.5 Å². The highest BCUT2D eigenvalue weighted by Gasteiger charge is 2.49. The molecular formula is C16H21N. The van der Waals surface area contributed by atoms with Crippen LogP contribution >= 0.6 is 0 Å². The molecule has 90 valence electrons. The van der Waals surface area contributed by atoms with Crippen molar-refractivity contribution in [3.63, 3.8) is 0 Å². The second-order valence-corrected chi connectivity index (χ2v) is 6.63. The SMILES string of the molecule is CC(/C=C/C#N)=C\C12CC3CC(CC(C3)C1)C2. The summed E-state index contributed by atoms with van der Waals surface area (Å²) in [5, 5.41) is 8.58. The minimum atomic E-state index is 0.499. The maximum Gasteiger partial charge on any atom is 0.0912 e. The van der Waals surface area contributed by atoms with Crippen LogP contribution in [0.5, 0.6) is 0 Å². The molecule has 0 atom stereocenters. The summed E-state index contributed by atoms with van der Waals surface area (Å²) in [5.41, 5.74) is 1.78. The van der Waals surface area contributed by atoms with Crippen LogP contribution in [-0.4, -0.2) is 0 Å². The Morgan fingerprint density at radius 2 is 1.65 bits per heavy atom. The number of allylic oxidation sites excluding steroid dienone is 4. The highest BCUT2D eigenvalue weighted by molar-refractivity contribution is 5.25. The summed E-state index contributed by atoms with van der Waals surface area (Å²) in [6.07, 6.45) is 14.8. The third-order valence-corrected chi connectivity index (χ3v) is 5.04. The van der Waals surface area contributed by atoms with Crippen LogP contribution in [0.4, 0.5) is 0 Å². The van der Waals surface area contributed by atoms with E-state index in [1.165, 1.54) is 44.1 Å². The van der Waals surface area contributed by atoms with Crippen molar-refractivity contribution in [3.8, 4) is 6.07 Å². The number of nitrogens with zero attached hydrogens (tertiary/aromatic N) is 1. The molecule has 0 spiro atoms. The monoisotopic (exact) mass is 227 g/mol. The molecule has 1 heteroatoms. The van der Waals surface area contributed by atoms with E-state index < -0.39 is 0 Å². The zero-order valence-corrected chi connectivity index (χ0v) is 10.7. The van der Waals surface area contributed by atoms with Crippen molar-refractivity contribution in [1.29, 1.82) is 5.26 Å². The van der Waals surface area contributed by atoms with E-state index in [2.05, 4.69) is 19.1 Å². The molecule has 0 amide bonds. The van der Waals surface area contributed by atoms with Crippen molar-refractivity contribution in [2.75, 3.05) is 0 Å². The zero-order chi connectivity index (χ0) is 11.9. The molecule has 0 unspecified atom stereocenters. The average Bonchev–Trinajstić information content (AvgIpc) is 2.23. The van der Waals surface area contributed by atoms with Gasteiger partial charge in [-0.2, -0.15) is 5.26 Å². The van der Waals surface area contributed by atoms with Gasteiger partial charge in [-0.1, -0.05) is 11.6 Å². The lowest BCUT2D eigenvalue weighted by molar-refractivity contribution is -0.0240. The summed E-state index contributed by atoms with van der Waals surface area (Å²) >= 11 is 0. The fraction of sp³-hybridized carbons (Fsp3) is 0.688. The summed E-state index contributed by atoms with van der Waals surface area (Å²) in [7, 11) is 0. The molecular weight excluding hydrogens is 206 g/mol. The van der Waals surface area contributed by atoms with Gasteiger partial charge in [-0.05, 0) is 74.7 Å². The predicted molar refractivity (Wildman–Crippen MR) is 69.1 cm³/mol. The van der Waals surface area contributed by atoms with E-state index in [1.807, 2.05) is 6.08 Å². The highest BCUT2D eigenvalue weighted by atomic mass is 14.5. The molecule has 0 heterocycles. The Labute approximate surface area is 104 Å². The summed E-state index contributed by atoms with van der Waals surface area (Å²) in [5.74, 6) is 3.01. The van der Waals surface area contributed by atoms with Crippen LogP contribution < -0.4 is 0 Å². The predicted octanol–water partition coefficient (Wildman–Crippen LogP) is 4.23. The van der Waals surface area contributed by atoms with Gasteiger partial charge >= 0.3 is 0 Å². The van der Waals surface area contributed by atoms with Crippen molar-refractivity contribution in [3.05, 3.63) is 23.8 Å². The van der Waals surface area contributed by atoms with Crippen molar-refractivity contribution < 1.29 is 0 Å². The fourth-order valence-corrected chi connectivity index (χ4v) is 5.05. The normalized spacial score (nSPS) is 44.2. The molecule has 4 saturated carbocycles.